The Balaban J connectivity index is 1.40. The minimum Gasteiger partial charge on any atom is -0.493 e. The van der Waals surface area contributed by atoms with Crippen molar-refractivity contribution in [3.05, 3.63) is 94.5 Å². The smallest absolute Gasteiger partial charge is 0.198 e. The van der Waals surface area contributed by atoms with Crippen LogP contribution in [0, 0.1) is 13.8 Å². The van der Waals surface area contributed by atoms with Crippen molar-refractivity contribution in [3.63, 3.8) is 0 Å². The van der Waals surface area contributed by atoms with Crippen molar-refractivity contribution in [2.24, 2.45) is 5.10 Å². The molecule has 1 fully saturated rings. The van der Waals surface area contributed by atoms with Gasteiger partial charge in [-0.1, -0.05) is 60.2 Å². The average molecular weight is 453 g/mol. The topological polar surface area (TPSA) is 34.1 Å². The van der Waals surface area contributed by atoms with E-state index in [0.717, 1.165) is 49.3 Å². The Morgan fingerprint density at radius 2 is 1.76 bits per heavy atom. The molecule has 1 unspecified atom stereocenters. The van der Waals surface area contributed by atoms with E-state index in [-0.39, 0.29) is 6.04 Å². The minimum absolute atomic E-state index is 0.169. The fraction of sp³-hybridized carbons (Fsp3) is 0.367. The van der Waals surface area contributed by atoms with Crippen LogP contribution >= 0.6 is 0 Å². The standard InChI is InChI=1S/C30H32N2O2/c1-20-12-13-21(2)25(18-20)26-19-27-24-10-7-11-28(33-3)29(24)34-30(32(27)31-26)16-14-23(15-17-30)22-8-5-4-6-9-22/h4-13,18,23,27H,14-17,19H2,1-3H3. The van der Waals surface area contributed by atoms with Crippen LogP contribution in [-0.4, -0.2) is 23.6 Å². The molecule has 1 spiro atoms. The molecule has 0 saturated heterocycles. The van der Waals surface area contributed by atoms with Crippen LogP contribution in [0.1, 0.15) is 71.9 Å². The summed E-state index contributed by atoms with van der Waals surface area (Å²) in [7, 11) is 1.73. The maximum absolute atomic E-state index is 6.91. The van der Waals surface area contributed by atoms with Gasteiger partial charge in [0, 0.05) is 30.4 Å². The Morgan fingerprint density at radius 1 is 0.971 bits per heavy atom. The molecular weight excluding hydrogens is 420 g/mol. The highest BCUT2D eigenvalue weighted by atomic mass is 16.5. The lowest BCUT2D eigenvalue weighted by Crippen LogP contribution is -2.55. The molecule has 2 aliphatic heterocycles. The molecule has 1 aliphatic carbocycles. The number of rotatable bonds is 3. The van der Waals surface area contributed by atoms with Gasteiger partial charge in [0.15, 0.2) is 17.2 Å². The number of hydrogen-bond acceptors (Lipinski definition) is 4. The summed E-state index contributed by atoms with van der Waals surface area (Å²) in [6.07, 6.45) is 4.96. The maximum Gasteiger partial charge on any atom is 0.198 e. The third-order valence-corrected chi connectivity index (χ3v) is 7.95. The molecule has 3 aromatic carbocycles. The Hall–Kier alpha value is -3.27. The third kappa shape index (κ3) is 3.39. The number of nitrogens with zero attached hydrogens (tertiary/aromatic N) is 2. The van der Waals surface area contributed by atoms with Gasteiger partial charge in [-0.25, -0.2) is 5.01 Å². The van der Waals surface area contributed by atoms with Crippen LogP contribution in [-0.2, 0) is 0 Å². The summed E-state index contributed by atoms with van der Waals surface area (Å²) in [6.45, 7) is 4.34. The molecule has 0 aromatic heterocycles. The number of hydrazone groups is 1. The molecule has 0 amide bonds. The molecule has 4 heteroatoms. The van der Waals surface area contributed by atoms with Crippen molar-refractivity contribution < 1.29 is 9.47 Å². The molecule has 34 heavy (non-hydrogen) atoms. The predicted molar refractivity (Wildman–Crippen MR) is 136 cm³/mol. The van der Waals surface area contributed by atoms with Crippen molar-refractivity contribution in [1.82, 2.24) is 5.01 Å². The molecule has 174 valence electrons. The SMILES string of the molecule is COc1cccc2c1OC1(CCC(c3ccccc3)CC1)N1N=C(c3cc(C)ccc3C)CC21. The maximum atomic E-state index is 6.91. The molecule has 0 radical (unpaired) electrons. The van der Waals surface area contributed by atoms with Gasteiger partial charge in [0.05, 0.1) is 18.9 Å². The Bertz CT molecular complexity index is 1240. The zero-order chi connectivity index (χ0) is 23.3. The summed E-state index contributed by atoms with van der Waals surface area (Å²) in [4.78, 5) is 0. The van der Waals surface area contributed by atoms with E-state index >= 15 is 0 Å². The summed E-state index contributed by atoms with van der Waals surface area (Å²) >= 11 is 0. The van der Waals surface area contributed by atoms with Crippen LogP contribution in [0.15, 0.2) is 71.8 Å². The molecule has 3 aliphatic rings. The first-order chi connectivity index (χ1) is 16.6. The van der Waals surface area contributed by atoms with Gasteiger partial charge in [-0.15, -0.1) is 0 Å². The van der Waals surface area contributed by atoms with Gasteiger partial charge in [-0.3, -0.25) is 0 Å². The Morgan fingerprint density at radius 3 is 2.53 bits per heavy atom. The van der Waals surface area contributed by atoms with Gasteiger partial charge in [-0.2, -0.15) is 5.10 Å². The van der Waals surface area contributed by atoms with Crippen molar-refractivity contribution in [1.29, 1.82) is 0 Å². The molecule has 0 N–H and O–H groups in total. The van der Waals surface area contributed by atoms with E-state index < -0.39 is 5.72 Å². The lowest BCUT2D eigenvalue weighted by atomic mass is 9.78. The largest absolute Gasteiger partial charge is 0.493 e. The van der Waals surface area contributed by atoms with E-state index in [0.29, 0.717) is 5.92 Å². The molecule has 2 heterocycles. The highest BCUT2D eigenvalue weighted by Gasteiger charge is 2.52. The molecule has 1 saturated carbocycles. The number of ether oxygens (including phenoxy) is 2. The van der Waals surface area contributed by atoms with E-state index in [4.69, 9.17) is 14.6 Å². The molecule has 6 rings (SSSR count). The summed E-state index contributed by atoms with van der Waals surface area (Å²) in [5, 5.41) is 7.61. The molecule has 3 aromatic rings. The van der Waals surface area contributed by atoms with Crippen LogP contribution in [0.4, 0.5) is 0 Å². The Kier molecular flexibility index (Phi) is 5.13. The second-order valence-corrected chi connectivity index (χ2v) is 10.0. The average Bonchev–Trinajstić information content (AvgIpc) is 3.33. The van der Waals surface area contributed by atoms with Crippen LogP contribution in [0.3, 0.4) is 0 Å². The number of para-hydroxylation sites is 1. The zero-order valence-corrected chi connectivity index (χ0v) is 20.3. The summed E-state index contributed by atoms with van der Waals surface area (Å²) < 4.78 is 12.7. The second-order valence-electron chi connectivity index (χ2n) is 10.0. The summed E-state index contributed by atoms with van der Waals surface area (Å²) in [5.41, 5.74) is 7.14. The lowest BCUT2D eigenvalue weighted by Gasteiger charge is -2.50. The predicted octanol–water partition coefficient (Wildman–Crippen LogP) is 6.91. The summed E-state index contributed by atoms with van der Waals surface area (Å²) in [5.74, 6) is 2.29. The number of aryl methyl sites for hydroxylation is 2. The minimum atomic E-state index is -0.433. The zero-order valence-electron chi connectivity index (χ0n) is 20.3. The highest BCUT2D eigenvalue weighted by Crippen LogP contribution is 2.55. The van der Waals surface area contributed by atoms with E-state index in [1.54, 1.807) is 7.11 Å². The van der Waals surface area contributed by atoms with Gasteiger partial charge in [0.25, 0.3) is 0 Å². The van der Waals surface area contributed by atoms with Gasteiger partial charge < -0.3 is 9.47 Å². The molecular formula is C30H32N2O2. The molecule has 0 bridgehead atoms. The molecule has 1 atom stereocenters. The first-order valence-electron chi connectivity index (χ1n) is 12.4. The third-order valence-electron chi connectivity index (χ3n) is 7.95. The number of benzene rings is 3. The van der Waals surface area contributed by atoms with Crippen LogP contribution in [0.25, 0.3) is 0 Å². The van der Waals surface area contributed by atoms with Crippen LogP contribution in [0.2, 0.25) is 0 Å². The van der Waals surface area contributed by atoms with E-state index in [9.17, 15) is 0 Å². The fourth-order valence-electron chi connectivity index (χ4n) is 6.10. The van der Waals surface area contributed by atoms with Crippen LogP contribution in [0.5, 0.6) is 11.5 Å². The lowest BCUT2D eigenvalue weighted by molar-refractivity contribution is -0.143. The first-order valence-corrected chi connectivity index (χ1v) is 12.4. The van der Waals surface area contributed by atoms with Gasteiger partial charge in [0.2, 0.25) is 0 Å². The van der Waals surface area contributed by atoms with E-state index in [2.05, 4.69) is 79.5 Å². The van der Waals surface area contributed by atoms with Gasteiger partial charge >= 0.3 is 0 Å². The normalized spacial score (nSPS) is 25.4. The number of fused-ring (bicyclic) bond motifs is 4. The monoisotopic (exact) mass is 452 g/mol. The van der Waals surface area contributed by atoms with Crippen molar-refractivity contribution in [2.45, 2.75) is 63.6 Å². The highest BCUT2D eigenvalue weighted by molar-refractivity contribution is 6.03. The quantitative estimate of drug-likeness (QED) is 0.433. The van der Waals surface area contributed by atoms with Crippen molar-refractivity contribution in [2.75, 3.05) is 7.11 Å². The summed E-state index contributed by atoms with van der Waals surface area (Å²) in [6, 6.07) is 24.0. The van der Waals surface area contributed by atoms with Crippen molar-refractivity contribution in [3.8, 4) is 11.5 Å². The van der Waals surface area contributed by atoms with Gasteiger partial charge in [0.1, 0.15) is 0 Å². The Labute approximate surface area is 202 Å². The van der Waals surface area contributed by atoms with E-state index in [1.807, 2.05) is 6.07 Å². The fourth-order valence-corrected chi connectivity index (χ4v) is 6.10. The van der Waals surface area contributed by atoms with Gasteiger partial charge in [-0.05, 0) is 55.9 Å². The first kappa shape index (κ1) is 21.3. The van der Waals surface area contributed by atoms with E-state index in [1.165, 1.54) is 27.8 Å². The second kappa shape index (κ2) is 8.19. The number of methoxy groups -OCH3 is 1. The number of hydrogen-bond donors (Lipinski definition) is 0. The van der Waals surface area contributed by atoms with Crippen LogP contribution < -0.4 is 9.47 Å². The van der Waals surface area contributed by atoms with Crippen molar-refractivity contribution >= 4 is 5.71 Å². The molecule has 4 nitrogen and oxygen atoms in total.